The fourth-order valence-corrected chi connectivity index (χ4v) is 2.87. The summed E-state index contributed by atoms with van der Waals surface area (Å²) in [6, 6.07) is 9.42. The van der Waals surface area contributed by atoms with Gasteiger partial charge in [0.2, 0.25) is 11.8 Å². The van der Waals surface area contributed by atoms with Crippen molar-refractivity contribution in [2.45, 2.75) is 10.7 Å². The van der Waals surface area contributed by atoms with E-state index in [1.807, 2.05) is 30.3 Å². The summed E-state index contributed by atoms with van der Waals surface area (Å²) in [7, 11) is 0. The number of rotatable bonds is 1. The van der Waals surface area contributed by atoms with E-state index in [1.54, 1.807) is 6.20 Å². The molecule has 0 spiro atoms. The SMILES string of the molecule is O=C1NC(=O)C(c2cccc3cccnc23)C1Br. The number of nitrogens with one attached hydrogen (secondary N) is 1. The van der Waals surface area contributed by atoms with Crippen molar-refractivity contribution >= 4 is 38.6 Å². The highest BCUT2D eigenvalue weighted by molar-refractivity contribution is 9.10. The van der Waals surface area contributed by atoms with Crippen LogP contribution in [-0.4, -0.2) is 21.6 Å². The Hall–Kier alpha value is -1.75. The maximum atomic E-state index is 11.8. The molecule has 18 heavy (non-hydrogen) atoms. The van der Waals surface area contributed by atoms with E-state index in [2.05, 4.69) is 26.2 Å². The number of carbonyl (C=O) groups excluding carboxylic acids is 2. The van der Waals surface area contributed by atoms with Crippen molar-refractivity contribution in [3.63, 3.8) is 0 Å². The van der Waals surface area contributed by atoms with Gasteiger partial charge in [-0.05, 0) is 11.6 Å². The molecule has 1 aliphatic rings. The summed E-state index contributed by atoms with van der Waals surface area (Å²) in [6.07, 6.45) is 1.68. The molecule has 1 fully saturated rings. The molecule has 1 saturated heterocycles. The second-order valence-electron chi connectivity index (χ2n) is 4.16. The number of hydrogen-bond acceptors (Lipinski definition) is 3. The Kier molecular flexibility index (Phi) is 2.63. The minimum Gasteiger partial charge on any atom is -0.295 e. The molecule has 5 heteroatoms. The molecule has 1 aromatic heterocycles. The predicted octanol–water partition coefficient (Wildman–Crippen LogP) is 1.74. The van der Waals surface area contributed by atoms with E-state index < -0.39 is 10.7 Å². The van der Waals surface area contributed by atoms with Gasteiger partial charge in [0, 0.05) is 11.6 Å². The lowest BCUT2D eigenvalue weighted by Gasteiger charge is -2.12. The molecular weight excluding hydrogens is 296 g/mol. The van der Waals surface area contributed by atoms with Crippen LogP contribution in [0.1, 0.15) is 11.5 Å². The summed E-state index contributed by atoms with van der Waals surface area (Å²) in [4.78, 5) is 27.1. The minimum absolute atomic E-state index is 0.278. The Labute approximate surface area is 112 Å². The molecule has 0 radical (unpaired) electrons. The lowest BCUT2D eigenvalue weighted by molar-refractivity contribution is -0.125. The van der Waals surface area contributed by atoms with Crippen LogP contribution in [0.15, 0.2) is 36.5 Å². The average molecular weight is 305 g/mol. The number of amides is 2. The number of hydrogen-bond donors (Lipinski definition) is 1. The zero-order chi connectivity index (χ0) is 12.7. The Morgan fingerprint density at radius 3 is 2.61 bits per heavy atom. The van der Waals surface area contributed by atoms with Crippen LogP contribution >= 0.6 is 15.9 Å². The molecule has 2 unspecified atom stereocenters. The number of carbonyl (C=O) groups is 2. The second-order valence-corrected chi connectivity index (χ2v) is 5.14. The number of alkyl halides is 1. The van der Waals surface area contributed by atoms with E-state index in [0.29, 0.717) is 0 Å². The van der Waals surface area contributed by atoms with E-state index in [1.165, 1.54) is 0 Å². The molecule has 0 bridgehead atoms. The first kappa shape index (κ1) is 11.3. The van der Waals surface area contributed by atoms with Crippen molar-refractivity contribution in [2.24, 2.45) is 0 Å². The smallest absolute Gasteiger partial charge is 0.241 e. The number of benzene rings is 1. The zero-order valence-corrected chi connectivity index (χ0v) is 10.8. The molecule has 1 aliphatic heterocycles. The molecular formula is C13H9BrN2O2. The van der Waals surface area contributed by atoms with Crippen LogP contribution in [0.3, 0.4) is 0 Å². The van der Waals surface area contributed by atoms with Crippen LogP contribution in [-0.2, 0) is 9.59 Å². The van der Waals surface area contributed by atoms with Crippen molar-refractivity contribution in [3.8, 4) is 0 Å². The van der Waals surface area contributed by atoms with Crippen molar-refractivity contribution in [3.05, 3.63) is 42.1 Å². The molecule has 0 aliphatic carbocycles. The molecule has 2 aromatic rings. The van der Waals surface area contributed by atoms with Gasteiger partial charge in [0.05, 0.1) is 11.4 Å². The van der Waals surface area contributed by atoms with Crippen LogP contribution in [0.25, 0.3) is 10.9 Å². The van der Waals surface area contributed by atoms with Gasteiger partial charge in [-0.15, -0.1) is 0 Å². The van der Waals surface area contributed by atoms with Crippen molar-refractivity contribution in [2.75, 3.05) is 0 Å². The van der Waals surface area contributed by atoms with Crippen LogP contribution in [0.2, 0.25) is 0 Å². The maximum absolute atomic E-state index is 11.8. The van der Waals surface area contributed by atoms with Gasteiger partial charge in [-0.2, -0.15) is 0 Å². The molecule has 1 aromatic carbocycles. The number of pyridine rings is 1. The van der Waals surface area contributed by atoms with E-state index in [4.69, 9.17) is 0 Å². The predicted molar refractivity (Wildman–Crippen MR) is 70.3 cm³/mol. The van der Waals surface area contributed by atoms with E-state index >= 15 is 0 Å². The van der Waals surface area contributed by atoms with Crippen molar-refractivity contribution < 1.29 is 9.59 Å². The molecule has 0 saturated carbocycles. The first-order chi connectivity index (χ1) is 8.68. The maximum Gasteiger partial charge on any atom is 0.241 e. The fourth-order valence-electron chi connectivity index (χ4n) is 2.23. The van der Waals surface area contributed by atoms with Gasteiger partial charge in [-0.3, -0.25) is 19.9 Å². The quantitative estimate of drug-likeness (QED) is 0.645. The molecule has 2 amide bonds. The molecule has 2 heterocycles. The number of nitrogens with zero attached hydrogens (tertiary/aromatic N) is 1. The van der Waals surface area contributed by atoms with Gasteiger partial charge in [0.25, 0.3) is 0 Å². The van der Waals surface area contributed by atoms with Crippen molar-refractivity contribution in [1.29, 1.82) is 0 Å². The van der Waals surface area contributed by atoms with E-state index in [-0.39, 0.29) is 11.8 Å². The summed E-state index contributed by atoms with van der Waals surface area (Å²) in [5, 5.41) is 3.29. The summed E-state index contributed by atoms with van der Waals surface area (Å²) >= 11 is 3.27. The summed E-state index contributed by atoms with van der Waals surface area (Å²) in [5.41, 5.74) is 1.54. The third-order valence-corrected chi connectivity index (χ3v) is 4.02. The number of imide groups is 1. The highest BCUT2D eigenvalue weighted by Crippen LogP contribution is 2.33. The van der Waals surface area contributed by atoms with Crippen LogP contribution in [0, 0.1) is 0 Å². The largest absolute Gasteiger partial charge is 0.295 e. The number of fused-ring (bicyclic) bond motifs is 1. The Morgan fingerprint density at radius 1 is 1.11 bits per heavy atom. The second kappa shape index (κ2) is 4.17. The lowest BCUT2D eigenvalue weighted by Crippen LogP contribution is -2.22. The standard InChI is InChI=1S/C13H9BrN2O2/c14-10-9(12(17)16-13(10)18)8-5-1-3-7-4-2-6-15-11(7)8/h1-6,9-10H,(H,16,17,18). The van der Waals surface area contributed by atoms with Gasteiger partial charge >= 0.3 is 0 Å². The number of para-hydroxylation sites is 1. The molecule has 4 nitrogen and oxygen atoms in total. The van der Waals surface area contributed by atoms with Gasteiger partial charge in [0.1, 0.15) is 4.83 Å². The normalized spacial score (nSPS) is 23.4. The van der Waals surface area contributed by atoms with Crippen LogP contribution < -0.4 is 5.32 Å². The summed E-state index contributed by atoms with van der Waals surface area (Å²) < 4.78 is 0. The van der Waals surface area contributed by atoms with E-state index in [9.17, 15) is 9.59 Å². The number of aromatic nitrogens is 1. The first-order valence-electron chi connectivity index (χ1n) is 5.51. The topological polar surface area (TPSA) is 59.1 Å². The minimum atomic E-state index is -0.530. The molecule has 1 N–H and O–H groups in total. The third kappa shape index (κ3) is 1.62. The zero-order valence-electron chi connectivity index (χ0n) is 9.26. The van der Waals surface area contributed by atoms with Crippen LogP contribution in [0.5, 0.6) is 0 Å². The summed E-state index contributed by atoms with van der Waals surface area (Å²) in [6.45, 7) is 0. The van der Waals surface area contributed by atoms with Gasteiger partial charge in [-0.25, -0.2) is 0 Å². The Balaban J connectivity index is 2.20. The Morgan fingerprint density at radius 2 is 1.89 bits per heavy atom. The number of halogens is 1. The molecule has 3 rings (SSSR count). The van der Waals surface area contributed by atoms with Gasteiger partial charge < -0.3 is 0 Å². The average Bonchev–Trinajstić information content (AvgIpc) is 2.63. The molecule has 90 valence electrons. The van der Waals surface area contributed by atoms with E-state index in [0.717, 1.165) is 16.5 Å². The molecule has 2 atom stereocenters. The summed E-state index contributed by atoms with van der Waals surface area (Å²) in [5.74, 6) is -1.09. The van der Waals surface area contributed by atoms with Crippen LogP contribution in [0.4, 0.5) is 0 Å². The van der Waals surface area contributed by atoms with Gasteiger partial charge in [-0.1, -0.05) is 40.2 Å². The Bertz CT molecular complexity index is 651. The highest BCUT2D eigenvalue weighted by Gasteiger charge is 2.41. The van der Waals surface area contributed by atoms with Gasteiger partial charge in [0.15, 0.2) is 0 Å². The third-order valence-electron chi connectivity index (χ3n) is 3.07. The fraction of sp³-hybridized carbons (Fsp3) is 0.154. The monoisotopic (exact) mass is 304 g/mol. The van der Waals surface area contributed by atoms with Crippen molar-refractivity contribution in [1.82, 2.24) is 10.3 Å². The first-order valence-corrected chi connectivity index (χ1v) is 6.42. The highest BCUT2D eigenvalue weighted by atomic mass is 79.9. The lowest BCUT2D eigenvalue weighted by atomic mass is 9.95.